The van der Waals surface area contributed by atoms with Gasteiger partial charge in [0.15, 0.2) is 0 Å². The van der Waals surface area contributed by atoms with Crippen LogP contribution in [-0.2, 0) is 4.79 Å². The zero-order valence-corrected chi connectivity index (χ0v) is 11.0. The number of hydrogen-bond acceptors (Lipinski definition) is 2. The highest BCUT2D eigenvalue weighted by Gasteiger charge is 2.35. The quantitative estimate of drug-likeness (QED) is 0.722. The Hall–Kier alpha value is -0.570. The van der Waals surface area contributed by atoms with E-state index in [2.05, 4.69) is 13.8 Å². The molecule has 0 aromatic heterocycles. The fourth-order valence-electron chi connectivity index (χ4n) is 2.22. The summed E-state index contributed by atoms with van der Waals surface area (Å²) in [6.07, 6.45) is 5.55. The Labute approximate surface area is 99.4 Å². The Morgan fingerprint density at radius 3 is 2.31 bits per heavy atom. The molecule has 1 fully saturated rings. The monoisotopic (exact) mass is 226 g/mol. The predicted molar refractivity (Wildman–Crippen MR) is 67.0 cm³/mol. The van der Waals surface area contributed by atoms with Gasteiger partial charge in [0, 0.05) is 20.1 Å². The van der Waals surface area contributed by atoms with Crippen molar-refractivity contribution in [3.05, 3.63) is 0 Å². The highest BCUT2D eigenvalue weighted by atomic mass is 16.2. The van der Waals surface area contributed by atoms with Gasteiger partial charge in [0.2, 0.25) is 5.91 Å². The maximum Gasteiger partial charge on any atom is 0.229 e. The van der Waals surface area contributed by atoms with E-state index in [1.54, 1.807) is 0 Å². The second-order valence-electron chi connectivity index (χ2n) is 5.15. The smallest absolute Gasteiger partial charge is 0.229 e. The zero-order chi connectivity index (χ0) is 12.2. The van der Waals surface area contributed by atoms with Crippen molar-refractivity contribution in [2.45, 2.75) is 46.0 Å². The molecule has 0 aliphatic heterocycles. The second-order valence-corrected chi connectivity index (χ2v) is 5.15. The van der Waals surface area contributed by atoms with Crippen molar-refractivity contribution in [2.24, 2.45) is 17.1 Å². The van der Waals surface area contributed by atoms with Crippen LogP contribution < -0.4 is 5.73 Å². The minimum atomic E-state index is -0.321. The molecular weight excluding hydrogens is 200 g/mol. The Bertz CT molecular complexity index is 224. The number of carbonyl (C=O) groups is 1. The highest BCUT2D eigenvalue weighted by molar-refractivity contribution is 5.82. The van der Waals surface area contributed by atoms with E-state index < -0.39 is 0 Å². The first-order valence-corrected chi connectivity index (χ1v) is 6.55. The molecule has 1 aliphatic rings. The summed E-state index contributed by atoms with van der Waals surface area (Å²) in [6.45, 7) is 5.48. The minimum absolute atomic E-state index is 0.237. The van der Waals surface area contributed by atoms with Gasteiger partial charge < -0.3 is 10.6 Å². The minimum Gasteiger partial charge on any atom is -0.345 e. The van der Waals surface area contributed by atoms with Crippen LogP contribution in [0.3, 0.4) is 0 Å². The lowest BCUT2D eigenvalue weighted by Crippen LogP contribution is -2.46. The summed E-state index contributed by atoms with van der Waals surface area (Å²) >= 11 is 0. The maximum absolute atomic E-state index is 12.3. The van der Waals surface area contributed by atoms with Crippen LogP contribution in [0, 0.1) is 11.3 Å². The number of nitrogens with two attached hydrogens (primary N) is 1. The summed E-state index contributed by atoms with van der Waals surface area (Å²) in [5.74, 6) is 1.12. The summed E-state index contributed by atoms with van der Waals surface area (Å²) in [6, 6.07) is 0. The fourth-order valence-corrected chi connectivity index (χ4v) is 2.22. The van der Waals surface area contributed by atoms with Crippen LogP contribution in [0.15, 0.2) is 0 Å². The molecule has 0 unspecified atom stereocenters. The number of amides is 1. The van der Waals surface area contributed by atoms with Gasteiger partial charge in [-0.1, -0.05) is 26.7 Å². The molecule has 94 valence electrons. The van der Waals surface area contributed by atoms with Crippen LogP contribution in [0.4, 0.5) is 0 Å². The van der Waals surface area contributed by atoms with Crippen molar-refractivity contribution in [2.75, 3.05) is 20.1 Å². The van der Waals surface area contributed by atoms with Gasteiger partial charge in [-0.15, -0.1) is 0 Å². The molecule has 0 spiro atoms. The summed E-state index contributed by atoms with van der Waals surface area (Å²) in [5, 5.41) is 0. The Morgan fingerprint density at radius 1 is 1.38 bits per heavy atom. The zero-order valence-electron chi connectivity index (χ0n) is 11.0. The lowest BCUT2D eigenvalue weighted by atomic mass is 9.81. The third-order valence-electron chi connectivity index (χ3n) is 4.11. The molecule has 1 amide bonds. The molecule has 1 saturated carbocycles. The van der Waals surface area contributed by atoms with Crippen LogP contribution in [0.25, 0.3) is 0 Å². The fraction of sp³-hybridized carbons (Fsp3) is 0.923. The SMILES string of the molecule is CCC(CC)(CN)C(=O)N(C)CCC1CC1. The number of carbonyl (C=O) groups excluding carboxylic acids is 1. The van der Waals surface area contributed by atoms with Gasteiger partial charge in [-0.05, 0) is 25.2 Å². The van der Waals surface area contributed by atoms with Crippen LogP contribution >= 0.6 is 0 Å². The number of nitrogens with zero attached hydrogens (tertiary/aromatic N) is 1. The van der Waals surface area contributed by atoms with E-state index in [-0.39, 0.29) is 11.3 Å². The molecule has 0 heterocycles. The van der Waals surface area contributed by atoms with Gasteiger partial charge in [0.25, 0.3) is 0 Å². The molecule has 1 rings (SSSR count). The number of rotatable bonds is 7. The van der Waals surface area contributed by atoms with Crippen molar-refractivity contribution in [3.63, 3.8) is 0 Å². The van der Waals surface area contributed by atoms with Crippen LogP contribution in [-0.4, -0.2) is 30.9 Å². The van der Waals surface area contributed by atoms with E-state index in [0.29, 0.717) is 6.54 Å². The van der Waals surface area contributed by atoms with E-state index in [9.17, 15) is 4.79 Å². The maximum atomic E-state index is 12.3. The topological polar surface area (TPSA) is 46.3 Å². The van der Waals surface area contributed by atoms with E-state index in [4.69, 9.17) is 5.73 Å². The Balaban J connectivity index is 2.50. The third-order valence-corrected chi connectivity index (χ3v) is 4.11. The van der Waals surface area contributed by atoms with Crippen molar-refractivity contribution in [1.82, 2.24) is 4.90 Å². The molecule has 0 atom stereocenters. The van der Waals surface area contributed by atoms with Crippen LogP contribution in [0.2, 0.25) is 0 Å². The second kappa shape index (κ2) is 5.67. The van der Waals surface area contributed by atoms with Crippen LogP contribution in [0.5, 0.6) is 0 Å². The molecule has 2 N–H and O–H groups in total. The predicted octanol–water partition coefficient (Wildman–Crippen LogP) is 2.01. The van der Waals surface area contributed by atoms with Crippen molar-refractivity contribution < 1.29 is 4.79 Å². The molecule has 0 aromatic rings. The third kappa shape index (κ3) is 2.97. The van der Waals surface area contributed by atoms with Gasteiger partial charge in [0.05, 0.1) is 5.41 Å². The summed E-state index contributed by atoms with van der Waals surface area (Å²) in [5.41, 5.74) is 5.47. The Morgan fingerprint density at radius 2 is 1.94 bits per heavy atom. The molecule has 0 radical (unpaired) electrons. The molecule has 16 heavy (non-hydrogen) atoms. The van der Waals surface area contributed by atoms with Crippen LogP contribution in [0.1, 0.15) is 46.0 Å². The Kier molecular flexibility index (Phi) is 4.78. The summed E-state index contributed by atoms with van der Waals surface area (Å²) in [7, 11) is 1.92. The lowest BCUT2D eigenvalue weighted by molar-refractivity contribution is -0.140. The van der Waals surface area contributed by atoms with Gasteiger partial charge in [-0.25, -0.2) is 0 Å². The lowest BCUT2D eigenvalue weighted by Gasteiger charge is -2.33. The van der Waals surface area contributed by atoms with Gasteiger partial charge in [-0.3, -0.25) is 4.79 Å². The average molecular weight is 226 g/mol. The normalized spacial score (nSPS) is 16.2. The van der Waals surface area contributed by atoms with Crippen molar-refractivity contribution >= 4 is 5.91 Å². The highest BCUT2D eigenvalue weighted by Crippen LogP contribution is 2.33. The van der Waals surface area contributed by atoms with E-state index in [1.807, 2.05) is 11.9 Å². The van der Waals surface area contributed by atoms with E-state index in [0.717, 1.165) is 31.7 Å². The first-order chi connectivity index (χ1) is 7.59. The molecule has 0 aromatic carbocycles. The molecule has 0 bridgehead atoms. The first-order valence-electron chi connectivity index (χ1n) is 6.55. The van der Waals surface area contributed by atoms with Gasteiger partial charge in [-0.2, -0.15) is 0 Å². The van der Waals surface area contributed by atoms with Gasteiger partial charge >= 0.3 is 0 Å². The van der Waals surface area contributed by atoms with E-state index >= 15 is 0 Å². The molecule has 3 heteroatoms. The number of hydrogen-bond donors (Lipinski definition) is 1. The van der Waals surface area contributed by atoms with Crippen molar-refractivity contribution in [3.8, 4) is 0 Å². The standard InChI is InChI=1S/C13H26N2O/c1-4-13(5-2,10-14)12(16)15(3)9-8-11-6-7-11/h11H,4-10,14H2,1-3H3. The molecule has 1 aliphatic carbocycles. The van der Waals surface area contributed by atoms with Gasteiger partial charge in [0.1, 0.15) is 0 Å². The molecule has 0 saturated heterocycles. The largest absolute Gasteiger partial charge is 0.345 e. The van der Waals surface area contributed by atoms with E-state index in [1.165, 1.54) is 12.8 Å². The van der Waals surface area contributed by atoms with Crippen molar-refractivity contribution in [1.29, 1.82) is 0 Å². The molecule has 3 nitrogen and oxygen atoms in total. The molecular formula is C13H26N2O. The first kappa shape index (κ1) is 13.5. The summed E-state index contributed by atoms with van der Waals surface area (Å²) < 4.78 is 0. The average Bonchev–Trinajstić information content (AvgIpc) is 3.12. The summed E-state index contributed by atoms with van der Waals surface area (Å²) in [4.78, 5) is 14.2.